The predicted molar refractivity (Wildman–Crippen MR) is 129 cm³/mol. The molecule has 0 heterocycles. The predicted octanol–water partition coefficient (Wildman–Crippen LogP) is 7.20. The minimum absolute atomic E-state index is 0.0869. The normalized spacial score (nSPS) is 45.0. The topological polar surface area (TPSA) is 37.3 Å². The fourth-order valence-corrected chi connectivity index (χ4v) is 9.09. The Morgan fingerprint density at radius 1 is 1.03 bits per heavy atom. The lowest BCUT2D eigenvalue weighted by atomic mass is 9.44. The van der Waals surface area contributed by atoms with Crippen molar-refractivity contribution in [2.45, 2.75) is 112 Å². The van der Waals surface area contributed by atoms with Crippen molar-refractivity contribution in [3.8, 4) is 0 Å². The Kier molecular flexibility index (Phi) is 6.07. The second-order valence-corrected chi connectivity index (χ2v) is 13.3. The van der Waals surface area contributed by atoms with Crippen LogP contribution < -0.4 is 0 Å². The monoisotopic (exact) mass is 428 g/mol. The zero-order chi connectivity index (χ0) is 22.8. The SMILES string of the molecule is CC(C)CCC[C@@H](C)[C@H]1CC[C@H]2[C@@H]3CC=C4C(C)(C)[C@@H](O)CC[C@]4(C)[C@H]3CC(=O)[C@]12C. The van der Waals surface area contributed by atoms with Gasteiger partial charge in [0.25, 0.3) is 0 Å². The zero-order valence-corrected chi connectivity index (χ0v) is 21.3. The number of aliphatic hydroxyl groups excluding tert-OH is 1. The van der Waals surface area contributed by atoms with Crippen molar-refractivity contribution in [1.82, 2.24) is 0 Å². The Hall–Kier alpha value is -0.630. The van der Waals surface area contributed by atoms with Crippen molar-refractivity contribution < 1.29 is 9.90 Å². The molecule has 0 spiro atoms. The summed E-state index contributed by atoms with van der Waals surface area (Å²) in [7, 11) is 0. The van der Waals surface area contributed by atoms with Crippen LogP contribution in [0, 0.1) is 51.8 Å². The molecule has 0 aliphatic heterocycles. The van der Waals surface area contributed by atoms with Crippen molar-refractivity contribution >= 4 is 5.78 Å². The standard InChI is InChI=1S/C29H48O2/c1-18(2)9-8-10-19(3)21-12-13-22-20-11-14-24-27(4,5)25(30)15-16-28(24,6)23(20)17-26(31)29(21,22)7/h14,18-23,25,30H,8-13,15-17H2,1-7H3/t19-,20+,21-,22+,23+,25+,28-,29-/m1/s1. The summed E-state index contributed by atoms with van der Waals surface area (Å²) in [5.74, 6) is 4.25. The van der Waals surface area contributed by atoms with Gasteiger partial charge in [-0.3, -0.25) is 4.79 Å². The minimum Gasteiger partial charge on any atom is -0.392 e. The molecule has 176 valence electrons. The first-order valence-corrected chi connectivity index (χ1v) is 13.4. The molecule has 4 aliphatic carbocycles. The van der Waals surface area contributed by atoms with E-state index < -0.39 is 0 Å². The molecule has 0 aromatic rings. The Balaban J connectivity index is 1.59. The summed E-state index contributed by atoms with van der Waals surface area (Å²) in [5, 5.41) is 10.7. The third-order valence-corrected chi connectivity index (χ3v) is 11.0. The van der Waals surface area contributed by atoms with Gasteiger partial charge in [-0.25, -0.2) is 0 Å². The van der Waals surface area contributed by atoms with E-state index in [0.29, 0.717) is 35.4 Å². The lowest BCUT2D eigenvalue weighted by Gasteiger charge is -2.60. The van der Waals surface area contributed by atoms with Crippen LogP contribution in [0.1, 0.15) is 106 Å². The van der Waals surface area contributed by atoms with Crippen LogP contribution in [0.4, 0.5) is 0 Å². The van der Waals surface area contributed by atoms with Crippen LogP contribution in [0.15, 0.2) is 11.6 Å². The Morgan fingerprint density at radius 2 is 1.74 bits per heavy atom. The van der Waals surface area contributed by atoms with Crippen LogP contribution in [-0.4, -0.2) is 17.0 Å². The molecule has 4 aliphatic rings. The summed E-state index contributed by atoms with van der Waals surface area (Å²) in [5.41, 5.74) is 1.27. The van der Waals surface area contributed by atoms with Gasteiger partial charge >= 0.3 is 0 Å². The molecule has 3 saturated carbocycles. The number of Topliss-reactive ketones (excluding diaryl/α,β-unsaturated/α-hetero) is 1. The van der Waals surface area contributed by atoms with Gasteiger partial charge < -0.3 is 5.11 Å². The molecule has 0 aromatic carbocycles. The van der Waals surface area contributed by atoms with Crippen LogP contribution in [-0.2, 0) is 4.79 Å². The molecule has 31 heavy (non-hydrogen) atoms. The highest BCUT2D eigenvalue weighted by Gasteiger charge is 2.64. The van der Waals surface area contributed by atoms with Crippen molar-refractivity contribution in [1.29, 1.82) is 0 Å². The van der Waals surface area contributed by atoms with E-state index in [4.69, 9.17) is 0 Å². The fourth-order valence-electron chi connectivity index (χ4n) is 9.09. The fraction of sp³-hybridized carbons (Fsp3) is 0.897. The number of carbonyl (C=O) groups is 1. The number of allylic oxidation sites excluding steroid dienone is 1. The molecule has 0 unspecified atom stereocenters. The molecule has 3 fully saturated rings. The summed E-state index contributed by atoms with van der Waals surface area (Å²) >= 11 is 0. The molecule has 8 atom stereocenters. The molecule has 4 rings (SSSR count). The highest BCUT2D eigenvalue weighted by Crippen LogP contribution is 2.68. The molecule has 1 N–H and O–H groups in total. The van der Waals surface area contributed by atoms with E-state index in [1.165, 1.54) is 37.7 Å². The van der Waals surface area contributed by atoms with E-state index in [1.54, 1.807) is 0 Å². The van der Waals surface area contributed by atoms with E-state index in [1.807, 2.05) is 0 Å². The zero-order valence-electron chi connectivity index (χ0n) is 21.3. The highest BCUT2D eigenvalue weighted by atomic mass is 16.3. The third-order valence-electron chi connectivity index (χ3n) is 11.0. The highest BCUT2D eigenvalue weighted by molar-refractivity contribution is 5.87. The summed E-state index contributed by atoms with van der Waals surface area (Å²) in [6.45, 7) is 16.3. The minimum atomic E-state index is -0.254. The van der Waals surface area contributed by atoms with Gasteiger partial charge in [0.1, 0.15) is 5.78 Å². The van der Waals surface area contributed by atoms with Gasteiger partial charge in [-0.05, 0) is 73.0 Å². The summed E-state index contributed by atoms with van der Waals surface area (Å²) in [4.78, 5) is 13.9. The van der Waals surface area contributed by atoms with Crippen molar-refractivity contribution in [2.24, 2.45) is 51.8 Å². The lowest BCUT2D eigenvalue weighted by molar-refractivity contribution is -0.149. The number of fused-ring (bicyclic) bond motifs is 5. The van der Waals surface area contributed by atoms with E-state index >= 15 is 0 Å². The smallest absolute Gasteiger partial charge is 0.139 e. The van der Waals surface area contributed by atoms with Crippen molar-refractivity contribution in [2.75, 3.05) is 0 Å². The number of aliphatic hydroxyl groups is 1. The maximum absolute atomic E-state index is 13.9. The first-order valence-electron chi connectivity index (χ1n) is 13.4. The van der Waals surface area contributed by atoms with Gasteiger partial charge in [-0.2, -0.15) is 0 Å². The molecule has 0 aromatic heterocycles. The number of hydrogen-bond donors (Lipinski definition) is 1. The summed E-state index contributed by atoms with van der Waals surface area (Å²) in [6, 6.07) is 0. The Bertz CT molecular complexity index is 733. The van der Waals surface area contributed by atoms with E-state index in [-0.39, 0.29) is 22.3 Å². The van der Waals surface area contributed by atoms with Crippen molar-refractivity contribution in [3.05, 3.63) is 11.6 Å². The van der Waals surface area contributed by atoms with Crippen LogP contribution in [0.2, 0.25) is 0 Å². The van der Waals surface area contributed by atoms with E-state index in [9.17, 15) is 9.90 Å². The molecule has 0 bridgehead atoms. The van der Waals surface area contributed by atoms with Crippen LogP contribution in [0.25, 0.3) is 0 Å². The second kappa shape index (κ2) is 8.00. The largest absolute Gasteiger partial charge is 0.392 e. The second-order valence-electron chi connectivity index (χ2n) is 13.3. The molecule has 0 saturated heterocycles. The van der Waals surface area contributed by atoms with Crippen molar-refractivity contribution in [3.63, 3.8) is 0 Å². The van der Waals surface area contributed by atoms with E-state index in [2.05, 4.69) is 54.5 Å². The average molecular weight is 429 g/mol. The summed E-state index contributed by atoms with van der Waals surface area (Å²) < 4.78 is 0. The maximum atomic E-state index is 13.9. The van der Waals surface area contributed by atoms with Gasteiger partial charge in [0, 0.05) is 17.3 Å². The number of rotatable bonds is 5. The first kappa shape index (κ1) is 23.5. The van der Waals surface area contributed by atoms with Gasteiger partial charge in [0.05, 0.1) is 6.10 Å². The molecule has 0 amide bonds. The van der Waals surface area contributed by atoms with Gasteiger partial charge in [0.2, 0.25) is 0 Å². The van der Waals surface area contributed by atoms with Crippen LogP contribution in [0.5, 0.6) is 0 Å². The number of hydrogen-bond acceptors (Lipinski definition) is 2. The van der Waals surface area contributed by atoms with Gasteiger partial charge in [0.15, 0.2) is 0 Å². The number of ketones is 1. The average Bonchev–Trinajstić information content (AvgIpc) is 3.05. The van der Waals surface area contributed by atoms with Gasteiger partial charge in [-0.1, -0.05) is 79.4 Å². The molecule has 0 radical (unpaired) electrons. The third kappa shape index (κ3) is 3.49. The lowest BCUT2D eigenvalue weighted by Crippen LogP contribution is -2.57. The van der Waals surface area contributed by atoms with E-state index in [0.717, 1.165) is 31.6 Å². The Labute approximate surface area is 191 Å². The molecular formula is C29H48O2. The quantitative estimate of drug-likeness (QED) is 0.470. The molecular weight excluding hydrogens is 380 g/mol. The first-order chi connectivity index (χ1) is 14.4. The van der Waals surface area contributed by atoms with Crippen LogP contribution >= 0.6 is 0 Å². The molecule has 2 nitrogen and oxygen atoms in total. The maximum Gasteiger partial charge on any atom is 0.139 e. The number of carbonyl (C=O) groups excluding carboxylic acids is 1. The van der Waals surface area contributed by atoms with Crippen LogP contribution in [0.3, 0.4) is 0 Å². The Morgan fingerprint density at radius 3 is 2.42 bits per heavy atom. The summed E-state index contributed by atoms with van der Waals surface area (Å²) in [6.07, 6.45) is 12.4. The molecule has 2 heteroatoms. The van der Waals surface area contributed by atoms with Gasteiger partial charge in [-0.15, -0.1) is 0 Å².